The molecule has 1 amide bonds. The van der Waals surface area contributed by atoms with Gasteiger partial charge in [-0.05, 0) is 31.4 Å². The van der Waals surface area contributed by atoms with E-state index in [0.717, 1.165) is 25.1 Å². The smallest absolute Gasteiger partial charge is 0.240 e. The predicted octanol–water partition coefficient (Wildman–Crippen LogP) is 1.42. The van der Waals surface area contributed by atoms with Crippen LogP contribution in [0.2, 0.25) is 0 Å². The number of amides is 1. The third-order valence-corrected chi connectivity index (χ3v) is 3.27. The number of carbonyl (C=O) groups is 1. The van der Waals surface area contributed by atoms with E-state index >= 15 is 0 Å². The number of likely N-dealkylation sites (tertiary alicyclic amines) is 1. The van der Waals surface area contributed by atoms with Gasteiger partial charge in [0.15, 0.2) is 0 Å². The van der Waals surface area contributed by atoms with E-state index in [-0.39, 0.29) is 18.0 Å². The summed E-state index contributed by atoms with van der Waals surface area (Å²) in [7, 11) is 0. The number of aromatic amines is 1. The quantitative estimate of drug-likeness (QED) is 0.810. The minimum absolute atomic E-state index is 0.0830. The van der Waals surface area contributed by atoms with Crippen molar-refractivity contribution < 1.29 is 4.79 Å². The van der Waals surface area contributed by atoms with Gasteiger partial charge in [-0.25, -0.2) is 0 Å². The lowest BCUT2D eigenvalue weighted by Crippen LogP contribution is -2.43. The van der Waals surface area contributed by atoms with Crippen molar-refractivity contribution in [2.45, 2.75) is 38.3 Å². The molecule has 3 N–H and O–H groups in total. The summed E-state index contributed by atoms with van der Waals surface area (Å²) < 4.78 is 0. The van der Waals surface area contributed by atoms with Gasteiger partial charge in [0.05, 0.1) is 12.1 Å². The zero-order valence-corrected chi connectivity index (χ0v) is 9.65. The highest BCUT2D eigenvalue weighted by atomic mass is 16.2. The molecule has 1 aliphatic heterocycles. The molecule has 0 saturated carbocycles. The third-order valence-electron chi connectivity index (χ3n) is 3.27. The minimum atomic E-state index is -0.351. The lowest BCUT2D eigenvalue weighted by Gasteiger charge is -2.26. The van der Waals surface area contributed by atoms with Crippen LogP contribution in [-0.2, 0) is 4.79 Å². The maximum atomic E-state index is 12.1. The third kappa shape index (κ3) is 1.97. The van der Waals surface area contributed by atoms with Crippen LogP contribution < -0.4 is 5.73 Å². The molecule has 1 unspecified atom stereocenters. The van der Waals surface area contributed by atoms with E-state index in [9.17, 15) is 4.79 Å². The molecule has 1 aromatic rings. The minimum Gasteiger partial charge on any atom is -0.363 e. The van der Waals surface area contributed by atoms with Crippen LogP contribution in [0.4, 0.5) is 0 Å². The van der Waals surface area contributed by atoms with Gasteiger partial charge in [0.1, 0.15) is 0 Å². The number of hydrogen-bond acceptors (Lipinski definition) is 2. The summed E-state index contributed by atoms with van der Waals surface area (Å²) in [5.41, 5.74) is 6.93. The van der Waals surface area contributed by atoms with Gasteiger partial charge in [0.2, 0.25) is 5.91 Å². The maximum absolute atomic E-state index is 12.1. The zero-order valence-electron chi connectivity index (χ0n) is 9.65. The molecule has 0 aliphatic carbocycles. The van der Waals surface area contributed by atoms with Gasteiger partial charge in [0.25, 0.3) is 0 Å². The molecule has 2 rings (SSSR count). The van der Waals surface area contributed by atoms with Crippen molar-refractivity contribution in [1.82, 2.24) is 9.88 Å². The molecule has 0 radical (unpaired) electrons. The SMILES string of the molecule is CC[C@H](N)C(=O)N1CCCC1c1ccc[nH]1. The Morgan fingerprint density at radius 1 is 1.75 bits per heavy atom. The number of aromatic nitrogens is 1. The van der Waals surface area contributed by atoms with E-state index in [0.29, 0.717) is 6.42 Å². The number of H-pyrrole nitrogens is 1. The van der Waals surface area contributed by atoms with Crippen molar-refractivity contribution in [1.29, 1.82) is 0 Å². The molecule has 0 bridgehead atoms. The average Bonchev–Trinajstić information content (AvgIpc) is 2.95. The van der Waals surface area contributed by atoms with Gasteiger partial charge in [0, 0.05) is 18.4 Å². The van der Waals surface area contributed by atoms with Gasteiger partial charge >= 0.3 is 0 Å². The summed E-state index contributed by atoms with van der Waals surface area (Å²) in [5.74, 6) is 0.0830. The molecular formula is C12H19N3O. The summed E-state index contributed by atoms with van der Waals surface area (Å²) in [4.78, 5) is 17.2. The maximum Gasteiger partial charge on any atom is 0.240 e. The fourth-order valence-corrected chi connectivity index (χ4v) is 2.29. The normalized spacial score (nSPS) is 22.4. The van der Waals surface area contributed by atoms with Gasteiger partial charge in [-0.3, -0.25) is 4.79 Å². The van der Waals surface area contributed by atoms with E-state index in [2.05, 4.69) is 4.98 Å². The zero-order chi connectivity index (χ0) is 11.5. The fourth-order valence-electron chi connectivity index (χ4n) is 2.29. The molecule has 2 heterocycles. The second kappa shape index (κ2) is 4.70. The fraction of sp³-hybridized carbons (Fsp3) is 0.583. The molecule has 1 aliphatic rings. The topological polar surface area (TPSA) is 62.1 Å². The van der Waals surface area contributed by atoms with E-state index in [1.807, 2.05) is 30.2 Å². The lowest BCUT2D eigenvalue weighted by atomic mass is 10.1. The van der Waals surface area contributed by atoms with Gasteiger partial charge in [-0.2, -0.15) is 0 Å². The molecule has 16 heavy (non-hydrogen) atoms. The van der Waals surface area contributed by atoms with Crippen LogP contribution in [-0.4, -0.2) is 28.4 Å². The predicted molar refractivity (Wildman–Crippen MR) is 62.7 cm³/mol. The first-order chi connectivity index (χ1) is 7.74. The van der Waals surface area contributed by atoms with Crippen molar-refractivity contribution in [3.05, 3.63) is 24.0 Å². The number of carbonyl (C=O) groups excluding carboxylic acids is 1. The lowest BCUT2D eigenvalue weighted by molar-refractivity contribution is -0.133. The average molecular weight is 221 g/mol. The molecular weight excluding hydrogens is 202 g/mol. The highest BCUT2D eigenvalue weighted by molar-refractivity contribution is 5.82. The molecule has 1 fully saturated rings. The summed E-state index contributed by atoms with van der Waals surface area (Å²) >= 11 is 0. The molecule has 1 saturated heterocycles. The van der Waals surface area contributed by atoms with Crippen LogP contribution in [0.3, 0.4) is 0 Å². The standard InChI is InChI=1S/C12H19N3O/c1-2-9(13)12(16)15-8-4-6-11(15)10-5-3-7-14-10/h3,5,7,9,11,14H,2,4,6,8,13H2,1H3/t9-,11?/m0/s1. The largest absolute Gasteiger partial charge is 0.363 e. The Bertz CT molecular complexity index is 347. The Morgan fingerprint density at radius 2 is 2.56 bits per heavy atom. The first-order valence-electron chi connectivity index (χ1n) is 5.93. The molecule has 4 nitrogen and oxygen atoms in total. The van der Waals surface area contributed by atoms with Crippen molar-refractivity contribution in [3.8, 4) is 0 Å². The second-order valence-electron chi connectivity index (χ2n) is 4.33. The Kier molecular flexibility index (Phi) is 3.29. The molecule has 1 aromatic heterocycles. The van der Waals surface area contributed by atoms with Crippen molar-refractivity contribution in [2.24, 2.45) is 5.73 Å². The summed E-state index contributed by atoms with van der Waals surface area (Å²) in [6.45, 7) is 2.78. The van der Waals surface area contributed by atoms with Gasteiger partial charge in [-0.1, -0.05) is 6.92 Å². The summed E-state index contributed by atoms with van der Waals surface area (Å²) in [6.07, 6.45) is 4.69. The Hall–Kier alpha value is -1.29. The molecule has 0 spiro atoms. The second-order valence-corrected chi connectivity index (χ2v) is 4.33. The van der Waals surface area contributed by atoms with Gasteiger partial charge in [-0.15, -0.1) is 0 Å². The van der Waals surface area contributed by atoms with Crippen molar-refractivity contribution >= 4 is 5.91 Å². The first kappa shape index (κ1) is 11.2. The number of nitrogens with zero attached hydrogens (tertiary/aromatic N) is 1. The van der Waals surface area contributed by atoms with Gasteiger partial charge < -0.3 is 15.6 Å². The van der Waals surface area contributed by atoms with E-state index in [1.165, 1.54) is 0 Å². The number of rotatable bonds is 3. The Labute approximate surface area is 95.8 Å². The van der Waals surface area contributed by atoms with Crippen molar-refractivity contribution in [3.63, 3.8) is 0 Å². The highest BCUT2D eigenvalue weighted by Crippen LogP contribution is 2.31. The number of nitrogens with two attached hydrogens (primary N) is 1. The Morgan fingerprint density at radius 3 is 3.19 bits per heavy atom. The summed E-state index contributed by atoms with van der Waals surface area (Å²) in [5, 5.41) is 0. The molecule has 0 aromatic carbocycles. The van der Waals surface area contributed by atoms with Crippen LogP contribution in [0, 0.1) is 0 Å². The first-order valence-corrected chi connectivity index (χ1v) is 5.93. The van der Waals surface area contributed by atoms with Crippen LogP contribution >= 0.6 is 0 Å². The summed E-state index contributed by atoms with van der Waals surface area (Å²) in [6, 6.07) is 3.85. The number of hydrogen-bond donors (Lipinski definition) is 2. The molecule has 4 heteroatoms. The van der Waals surface area contributed by atoms with Crippen LogP contribution in [0.1, 0.15) is 37.9 Å². The van der Waals surface area contributed by atoms with Crippen LogP contribution in [0.15, 0.2) is 18.3 Å². The highest BCUT2D eigenvalue weighted by Gasteiger charge is 2.32. The van der Waals surface area contributed by atoms with E-state index < -0.39 is 0 Å². The van der Waals surface area contributed by atoms with E-state index in [4.69, 9.17) is 5.73 Å². The molecule has 88 valence electrons. The van der Waals surface area contributed by atoms with Crippen LogP contribution in [0.5, 0.6) is 0 Å². The van der Waals surface area contributed by atoms with Crippen LogP contribution in [0.25, 0.3) is 0 Å². The molecule has 2 atom stereocenters. The van der Waals surface area contributed by atoms with Crippen molar-refractivity contribution in [2.75, 3.05) is 6.54 Å². The Balaban J connectivity index is 2.12. The monoisotopic (exact) mass is 221 g/mol. The number of nitrogens with one attached hydrogen (secondary N) is 1. The van der Waals surface area contributed by atoms with E-state index in [1.54, 1.807) is 0 Å².